The molecule has 1 amide bonds. The summed E-state index contributed by atoms with van der Waals surface area (Å²) in [5.74, 6) is 4.16. The zero-order valence-electron chi connectivity index (χ0n) is 30.2. The summed E-state index contributed by atoms with van der Waals surface area (Å²) in [7, 11) is 4.72. The summed E-state index contributed by atoms with van der Waals surface area (Å²) in [6.45, 7) is 6.98. The van der Waals surface area contributed by atoms with Crippen LogP contribution < -0.4 is 19.5 Å². The van der Waals surface area contributed by atoms with Gasteiger partial charge in [0.2, 0.25) is 11.7 Å². The summed E-state index contributed by atoms with van der Waals surface area (Å²) >= 11 is 0. The van der Waals surface area contributed by atoms with Crippen molar-refractivity contribution in [2.45, 2.75) is 57.0 Å². The topological polar surface area (TPSA) is 94.2 Å². The van der Waals surface area contributed by atoms with E-state index in [1.54, 1.807) is 33.5 Å². The molecule has 268 valence electrons. The number of carbonyl (C=O) groups excluding carboxylic acids is 1. The van der Waals surface area contributed by atoms with Gasteiger partial charge in [-0.3, -0.25) is 4.79 Å². The van der Waals surface area contributed by atoms with Crippen molar-refractivity contribution in [3.8, 4) is 17.2 Å². The lowest BCUT2D eigenvalue weighted by molar-refractivity contribution is 0.0606. The van der Waals surface area contributed by atoms with Gasteiger partial charge >= 0.3 is 0 Å². The lowest BCUT2D eigenvalue weighted by Gasteiger charge is -2.45. The van der Waals surface area contributed by atoms with Gasteiger partial charge in [-0.1, -0.05) is 42.5 Å². The Morgan fingerprint density at radius 2 is 1.65 bits per heavy atom. The zero-order valence-corrected chi connectivity index (χ0v) is 30.2. The molecule has 1 unspecified atom stereocenters. The average molecular weight is 692 g/mol. The highest BCUT2D eigenvalue weighted by atomic mass is 16.5. The molecular formula is C41H49N5O5. The minimum absolute atomic E-state index is 0.0191. The van der Waals surface area contributed by atoms with Gasteiger partial charge in [-0.2, -0.15) is 0 Å². The van der Waals surface area contributed by atoms with Crippen molar-refractivity contribution in [3.05, 3.63) is 102 Å². The Morgan fingerprint density at radius 3 is 2.33 bits per heavy atom. The minimum Gasteiger partial charge on any atom is -0.493 e. The summed E-state index contributed by atoms with van der Waals surface area (Å²) in [5.41, 5.74) is 3.78. The standard InChI is InChI=1S/C41H49N5O5/c1-29-15-16-33(51-29)27-46-35-14-9-8-13-34(35)43-40(46)42-32-17-22-44(23-18-32)24-20-41(31-11-6-5-7-12-31)19-10-21-45(28-41)39(47)30-25-36(48-2)38(50-4)37(26-30)49-3/h5-9,11-16,25-26,32H,10,17-24,27-28H2,1-4H3,(H,42,43). The number of amides is 1. The number of ether oxygens (including phenoxy) is 3. The van der Waals surface area contributed by atoms with E-state index in [4.69, 9.17) is 23.6 Å². The smallest absolute Gasteiger partial charge is 0.254 e. The van der Waals surface area contributed by atoms with Crippen LogP contribution in [0.4, 0.5) is 5.95 Å². The third-order valence-electron chi connectivity index (χ3n) is 10.8. The predicted octanol–water partition coefficient (Wildman–Crippen LogP) is 7.15. The molecule has 3 aromatic carbocycles. The molecule has 1 N–H and O–H groups in total. The molecule has 2 saturated heterocycles. The predicted molar refractivity (Wildman–Crippen MR) is 199 cm³/mol. The number of fused-ring (bicyclic) bond motifs is 1. The molecule has 0 aliphatic carbocycles. The molecule has 2 aromatic heterocycles. The number of methoxy groups -OCH3 is 3. The van der Waals surface area contributed by atoms with Gasteiger partial charge in [0.1, 0.15) is 11.5 Å². The molecule has 5 aromatic rings. The second kappa shape index (κ2) is 15.1. The first-order chi connectivity index (χ1) is 24.9. The number of aromatic nitrogens is 2. The van der Waals surface area contributed by atoms with Crippen molar-refractivity contribution in [1.29, 1.82) is 0 Å². The Hall–Kier alpha value is -4.96. The number of anilines is 1. The molecule has 0 radical (unpaired) electrons. The number of carbonyl (C=O) groups is 1. The molecule has 2 aliphatic rings. The van der Waals surface area contributed by atoms with Crippen LogP contribution in [0.25, 0.3) is 11.0 Å². The number of imidazole rings is 1. The number of hydrogen-bond donors (Lipinski definition) is 1. The normalized spacial score (nSPS) is 18.5. The number of piperidine rings is 2. The number of benzene rings is 3. The van der Waals surface area contributed by atoms with Crippen LogP contribution in [-0.4, -0.2) is 85.4 Å². The number of hydrogen-bond acceptors (Lipinski definition) is 8. The Morgan fingerprint density at radius 1 is 0.922 bits per heavy atom. The Balaban J connectivity index is 1.03. The summed E-state index contributed by atoms with van der Waals surface area (Å²) < 4.78 is 24.8. The van der Waals surface area contributed by atoms with Crippen LogP contribution >= 0.6 is 0 Å². The van der Waals surface area contributed by atoms with E-state index in [1.807, 2.05) is 30.0 Å². The molecule has 0 bridgehead atoms. The fourth-order valence-electron chi connectivity index (χ4n) is 8.00. The van der Waals surface area contributed by atoms with Crippen molar-refractivity contribution in [3.63, 3.8) is 0 Å². The van der Waals surface area contributed by atoms with E-state index in [2.05, 4.69) is 63.3 Å². The maximum absolute atomic E-state index is 14.1. The minimum atomic E-state index is -0.139. The molecule has 0 saturated carbocycles. The van der Waals surface area contributed by atoms with Crippen LogP contribution in [-0.2, 0) is 12.0 Å². The van der Waals surface area contributed by atoms with Crippen molar-refractivity contribution < 1.29 is 23.4 Å². The quantitative estimate of drug-likeness (QED) is 0.148. The van der Waals surface area contributed by atoms with Crippen LogP contribution in [0.3, 0.4) is 0 Å². The van der Waals surface area contributed by atoms with Gasteiger partial charge in [0, 0.05) is 43.2 Å². The van der Waals surface area contributed by atoms with Gasteiger partial charge in [-0.05, 0) is 87.5 Å². The molecule has 51 heavy (non-hydrogen) atoms. The van der Waals surface area contributed by atoms with E-state index in [-0.39, 0.29) is 11.3 Å². The fraction of sp³-hybridized carbons (Fsp3) is 0.415. The number of likely N-dealkylation sites (tertiary alicyclic amines) is 2. The SMILES string of the molecule is COc1cc(C(=O)N2CCCC(CCN3CCC(Nc4nc5ccccc5n4Cc4ccc(C)o4)CC3)(c3ccccc3)C2)cc(OC)c1OC. The zero-order chi connectivity index (χ0) is 35.4. The average Bonchev–Trinajstić information content (AvgIpc) is 3.75. The Kier molecular flexibility index (Phi) is 10.2. The number of para-hydroxylation sites is 2. The van der Waals surface area contributed by atoms with E-state index in [9.17, 15) is 4.79 Å². The van der Waals surface area contributed by atoms with Crippen LogP contribution in [0.1, 0.15) is 59.5 Å². The highest BCUT2D eigenvalue weighted by molar-refractivity contribution is 5.96. The number of nitrogens with zero attached hydrogens (tertiary/aromatic N) is 4. The van der Waals surface area contributed by atoms with Gasteiger partial charge in [-0.15, -0.1) is 0 Å². The van der Waals surface area contributed by atoms with Crippen LogP contribution in [0.5, 0.6) is 17.2 Å². The largest absolute Gasteiger partial charge is 0.493 e. The van der Waals surface area contributed by atoms with E-state index >= 15 is 0 Å². The molecule has 1 atom stereocenters. The summed E-state index contributed by atoms with van der Waals surface area (Å²) in [4.78, 5) is 23.7. The van der Waals surface area contributed by atoms with Gasteiger partial charge in [0.05, 0.1) is 38.9 Å². The molecule has 4 heterocycles. The monoisotopic (exact) mass is 691 g/mol. The summed E-state index contributed by atoms with van der Waals surface area (Å²) in [6.07, 6.45) is 5.03. The van der Waals surface area contributed by atoms with Crippen LogP contribution in [0.15, 0.2) is 83.3 Å². The molecule has 10 nitrogen and oxygen atoms in total. The Labute approximate surface area is 300 Å². The highest BCUT2D eigenvalue weighted by Gasteiger charge is 2.39. The number of nitrogens with one attached hydrogen (secondary N) is 1. The van der Waals surface area contributed by atoms with Gasteiger partial charge in [0.25, 0.3) is 5.91 Å². The molecular weight excluding hydrogens is 642 g/mol. The maximum atomic E-state index is 14.1. The third-order valence-corrected chi connectivity index (χ3v) is 10.8. The van der Waals surface area contributed by atoms with E-state index in [1.165, 1.54) is 5.56 Å². The molecule has 10 heteroatoms. The summed E-state index contributed by atoms with van der Waals surface area (Å²) in [6, 6.07) is 27.0. The maximum Gasteiger partial charge on any atom is 0.254 e. The molecule has 7 rings (SSSR count). The highest BCUT2D eigenvalue weighted by Crippen LogP contribution is 2.41. The second-order valence-corrected chi connectivity index (χ2v) is 13.9. The number of furan rings is 1. The summed E-state index contributed by atoms with van der Waals surface area (Å²) in [5, 5.41) is 3.80. The Bertz CT molecular complexity index is 1920. The van der Waals surface area contributed by atoms with Gasteiger partial charge < -0.3 is 38.3 Å². The molecule has 0 spiro atoms. The van der Waals surface area contributed by atoms with E-state index < -0.39 is 0 Å². The second-order valence-electron chi connectivity index (χ2n) is 13.9. The van der Waals surface area contributed by atoms with E-state index in [0.29, 0.717) is 48.5 Å². The van der Waals surface area contributed by atoms with Crippen molar-refractivity contribution in [2.75, 3.05) is 59.4 Å². The van der Waals surface area contributed by atoms with Crippen molar-refractivity contribution in [2.24, 2.45) is 0 Å². The van der Waals surface area contributed by atoms with Crippen molar-refractivity contribution >= 4 is 22.9 Å². The number of rotatable bonds is 12. The lowest BCUT2D eigenvalue weighted by Crippen LogP contribution is -2.50. The lowest BCUT2D eigenvalue weighted by atomic mass is 9.71. The van der Waals surface area contributed by atoms with Crippen LogP contribution in [0.2, 0.25) is 0 Å². The molecule has 2 aliphatic heterocycles. The van der Waals surface area contributed by atoms with Gasteiger partial charge in [-0.25, -0.2) is 4.98 Å². The van der Waals surface area contributed by atoms with E-state index in [0.717, 1.165) is 80.2 Å². The third kappa shape index (κ3) is 7.28. The van der Waals surface area contributed by atoms with Crippen molar-refractivity contribution in [1.82, 2.24) is 19.4 Å². The first-order valence-electron chi connectivity index (χ1n) is 18.0. The first-order valence-corrected chi connectivity index (χ1v) is 18.0. The number of aryl methyl sites for hydroxylation is 1. The molecule has 2 fully saturated rings. The first kappa shape index (κ1) is 34.5. The van der Waals surface area contributed by atoms with Crippen LogP contribution in [0, 0.1) is 6.92 Å². The fourth-order valence-corrected chi connectivity index (χ4v) is 8.00. The van der Waals surface area contributed by atoms with Gasteiger partial charge in [0.15, 0.2) is 11.5 Å².